The van der Waals surface area contributed by atoms with E-state index in [1.54, 1.807) is 0 Å². The molecule has 0 heterocycles. The van der Waals surface area contributed by atoms with Gasteiger partial charge in [-0.05, 0) is 63.6 Å². The average Bonchev–Trinajstić information content (AvgIpc) is 2.41. The Morgan fingerprint density at radius 2 is 1.60 bits per heavy atom. The first-order chi connectivity index (χ1) is 9.41. The lowest BCUT2D eigenvalue weighted by molar-refractivity contribution is 0.0691. The Kier molecular flexibility index (Phi) is 7.35. The number of unbranched alkanes of at least 4 members (excludes halogenated alkanes) is 4. The predicted octanol–water partition coefficient (Wildman–Crippen LogP) is 4.52. The minimum atomic E-state index is -1.20. The summed E-state index contributed by atoms with van der Waals surface area (Å²) in [5.41, 5.74) is 0.456. The van der Waals surface area contributed by atoms with Crippen LogP contribution < -0.4 is 0 Å². The molecule has 0 amide bonds. The maximum atomic E-state index is 11.3. The lowest BCUT2D eigenvalue weighted by Crippen LogP contribution is -2.07. The van der Waals surface area contributed by atoms with Gasteiger partial charge in [0.05, 0.1) is 3.57 Å². The summed E-state index contributed by atoms with van der Waals surface area (Å²) in [7, 11) is 0. The molecule has 0 saturated carbocycles. The molecule has 1 rings (SSSR count). The molecule has 1 aromatic carbocycles. The molecule has 1 aromatic rings. The van der Waals surface area contributed by atoms with Crippen LogP contribution in [-0.4, -0.2) is 21.3 Å². The van der Waals surface area contributed by atoms with Crippen LogP contribution in [0.3, 0.4) is 0 Å². The van der Waals surface area contributed by atoms with E-state index < -0.39 is 11.7 Å². The fourth-order valence-electron chi connectivity index (χ4n) is 2.08. The number of aromatic hydroxyl groups is 2. The van der Waals surface area contributed by atoms with Crippen LogP contribution in [0.25, 0.3) is 0 Å². The smallest absolute Gasteiger partial charge is 0.339 e. The highest BCUT2D eigenvalue weighted by atomic mass is 127. The zero-order valence-corrected chi connectivity index (χ0v) is 15.6. The van der Waals surface area contributed by atoms with Crippen molar-refractivity contribution in [2.45, 2.75) is 45.4 Å². The summed E-state index contributed by atoms with van der Waals surface area (Å²) >= 11 is 3.96. The Hall–Kier alpha value is -0.250. The summed E-state index contributed by atoms with van der Waals surface area (Å²) in [6, 6.07) is 0. The number of benzene rings is 1. The van der Waals surface area contributed by atoms with Gasteiger partial charge in [0.25, 0.3) is 0 Å². The minimum Gasteiger partial charge on any atom is -0.504 e. The molecule has 0 radical (unpaired) electrons. The number of phenols is 2. The van der Waals surface area contributed by atoms with Crippen molar-refractivity contribution in [2.24, 2.45) is 0 Å². The number of halogens is 2. The Morgan fingerprint density at radius 1 is 1.00 bits per heavy atom. The van der Waals surface area contributed by atoms with Crippen molar-refractivity contribution in [3.05, 3.63) is 18.3 Å². The van der Waals surface area contributed by atoms with Crippen LogP contribution in [0.4, 0.5) is 0 Å². The third kappa shape index (κ3) is 4.12. The summed E-state index contributed by atoms with van der Waals surface area (Å²) in [5, 5.41) is 28.9. The Labute approximate surface area is 145 Å². The van der Waals surface area contributed by atoms with Gasteiger partial charge < -0.3 is 15.3 Å². The number of phenolic OH excluding ortho intramolecular Hbond substituents is 1. The lowest BCUT2D eigenvalue weighted by atomic mass is 9.99. The molecule has 3 N–H and O–H groups in total. The molecule has 4 nitrogen and oxygen atoms in total. The summed E-state index contributed by atoms with van der Waals surface area (Å²) in [6.45, 7) is 2.14. The van der Waals surface area contributed by atoms with E-state index in [1.807, 2.05) is 45.2 Å². The van der Waals surface area contributed by atoms with Crippen molar-refractivity contribution in [2.75, 3.05) is 0 Å². The molecule has 20 heavy (non-hydrogen) atoms. The zero-order chi connectivity index (χ0) is 15.3. The summed E-state index contributed by atoms with van der Waals surface area (Å²) in [4.78, 5) is 11.3. The Morgan fingerprint density at radius 3 is 2.15 bits per heavy atom. The standard InChI is InChI=1S/C14H18I2O4/c1-2-3-4-5-6-7-8-9(14(19)20)12(17)13(18)11(16)10(8)15/h17-18H,2-7H2,1H3,(H,19,20). The maximum absolute atomic E-state index is 11.3. The molecule has 0 atom stereocenters. The van der Waals surface area contributed by atoms with Crippen LogP contribution in [0.5, 0.6) is 11.5 Å². The molecule has 0 spiro atoms. The van der Waals surface area contributed by atoms with E-state index in [4.69, 9.17) is 0 Å². The van der Waals surface area contributed by atoms with Crippen LogP contribution >= 0.6 is 45.2 Å². The lowest BCUT2D eigenvalue weighted by Gasteiger charge is -2.14. The predicted molar refractivity (Wildman–Crippen MR) is 94.6 cm³/mol. The molecule has 0 aliphatic carbocycles. The summed E-state index contributed by atoms with van der Waals surface area (Å²) < 4.78 is 1.22. The van der Waals surface area contributed by atoms with Gasteiger partial charge in [-0.25, -0.2) is 4.79 Å². The maximum Gasteiger partial charge on any atom is 0.339 e. The van der Waals surface area contributed by atoms with E-state index in [0.717, 1.165) is 25.7 Å². The number of rotatable bonds is 7. The van der Waals surface area contributed by atoms with Gasteiger partial charge >= 0.3 is 5.97 Å². The first kappa shape index (κ1) is 17.8. The van der Waals surface area contributed by atoms with E-state index in [2.05, 4.69) is 6.92 Å². The highest BCUT2D eigenvalue weighted by Gasteiger charge is 2.24. The Bertz CT molecular complexity index is 501. The van der Waals surface area contributed by atoms with Crippen LogP contribution in [-0.2, 0) is 6.42 Å². The van der Waals surface area contributed by atoms with Crippen LogP contribution in [0.15, 0.2) is 0 Å². The molecule has 0 aliphatic rings. The largest absolute Gasteiger partial charge is 0.504 e. The molecular formula is C14H18I2O4. The molecule has 0 unspecified atom stereocenters. The normalized spacial score (nSPS) is 10.8. The highest BCUT2D eigenvalue weighted by Crippen LogP contribution is 2.40. The van der Waals surface area contributed by atoms with E-state index in [1.165, 1.54) is 6.42 Å². The van der Waals surface area contributed by atoms with Gasteiger partial charge in [-0.15, -0.1) is 0 Å². The number of carboxylic acids is 1. The van der Waals surface area contributed by atoms with Gasteiger partial charge in [0.15, 0.2) is 11.5 Å². The SMILES string of the molecule is CCCCCCCc1c(I)c(I)c(O)c(O)c1C(=O)O. The Balaban J connectivity index is 3.01. The number of carboxylic acid groups (broad SMARTS) is 1. The molecule has 0 fully saturated rings. The summed E-state index contributed by atoms with van der Waals surface area (Å²) in [5.74, 6) is -2.07. The third-order valence-corrected chi connectivity index (χ3v) is 6.45. The van der Waals surface area contributed by atoms with Crippen LogP contribution in [0.2, 0.25) is 0 Å². The molecule has 0 saturated heterocycles. The first-order valence-corrected chi connectivity index (χ1v) is 8.72. The summed E-state index contributed by atoms with van der Waals surface area (Å²) in [6.07, 6.45) is 6.01. The topological polar surface area (TPSA) is 77.8 Å². The van der Waals surface area contributed by atoms with Crippen LogP contribution in [0, 0.1) is 7.14 Å². The van der Waals surface area contributed by atoms with Crippen LogP contribution in [0.1, 0.15) is 54.9 Å². The number of hydrogen-bond donors (Lipinski definition) is 3. The average molecular weight is 504 g/mol. The molecule has 0 aliphatic heterocycles. The zero-order valence-electron chi connectivity index (χ0n) is 11.2. The molecule has 6 heteroatoms. The highest BCUT2D eigenvalue weighted by molar-refractivity contribution is 14.1. The molecule has 0 bridgehead atoms. The van der Waals surface area contributed by atoms with Gasteiger partial charge in [-0.3, -0.25) is 0 Å². The second kappa shape index (κ2) is 8.26. The van der Waals surface area contributed by atoms with Crippen molar-refractivity contribution >= 4 is 51.2 Å². The van der Waals surface area contributed by atoms with Crippen molar-refractivity contribution in [3.63, 3.8) is 0 Å². The number of hydrogen-bond acceptors (Lipinski definition) is 3. The van der Waals surface area contributed by atoms with Crippen molar-refractivity contribution in [1.29, 1.82) is 0 Å². The second-order valence-corrected chi connectivity index (χ2v) is 6.81. The van der Waals surface area contributed by atoms with E-state index in [9.17, 15) is 20.1 Å². The minimum absolute atomic E-state index is 0.164. The number of carbonyl (C=O) groups is 1. The van der Waals surface area contributed by atoms with Gasteiger partial charge in [-0.1, -0.05) is 32.6 Å². The van der Waals surface area contributed by atoms with Gasteiger partial charge in [0.1, 0.15) is 5.56 Å². The fourth-order valence-corrected chi connectivity index (χ4v) is 3.46. The third-order valence-electron chi connectivity index (χ3n) is 3.17. The van der Waals surface area contributed by atoms with Gasteiger partial charge in [0, 0.05) is 3.57 Å². The van der Waals surface area contributed by atoms with E-state index in [-0.39, 0.29) is 11.3 Å². The molecule has 0 aromatic heterocycles. The molecular weight excluding hydrogens is 486 g/mol. The quantitative estimate of drug-likeness (QED) is 0.290. The first-order valence-electron chi connectivity index (χ1n) is 6.56. The van der Waals surface area contributed by atoms with Gasteiger partial charge in [0.2, 0.25) is 0 Å². The van der Waals surface area contributed by atoms with E-state index in [0.29, 0.717) is 19.1 Å². The molecule has 112 valence electrons. The monoisotopic (exact) mass is 504 g/mol. The van der Waals surface area contributed by atoms with Crippen molar-refractivity contribution < 1.29 is 20.1 Å². The fraction of sp³-hybridized carbons (Fsp3) is 0.500. The second-order valence-electron chi connectivity index (χ2n) is 4.65. The van der Waals surface area contributed by atoms with Crippen molar-refractivity contribution in [3.8, 4) is 11.5 Å². The van der Waals surface area contributed by atoms with Crippen molar-refractivity contribution in [1.82, 2.24) is 0 Å². The number of aromatic carboxylic acids is 1. The van der Waals surface area contributed by atoms with E-state index >= 15 is 0 Å². The van der Waals surface area contributed by atoms with Gasteiger partial charge in [-0.2, -0.15) is 0 Å².